The van der Waals surface area contributed by atoms with Crippen LogP contribution < -0.4 is 5.19 Å². The summed E-state index contributed by atoms with van der Waals surface area (Å²) in [5.74, 6) is 0. The number of rotatable bonds is 3. The average Bonchev–Trinajstić information content (AvgIpc) is 2.61. The van der Waals surface area contributed by atoms with E-state index in [4.69, 9.17) is 0 Å². The van der Waals surface area contributed by atoms with Crippen LogP contribution in [0.1, 0.15) is 54.0 Å². The van der Waals surface area contributed by atoms with Crippen LogP contribution in [0.5, 0.6) is 0 Å². The molecule has 0 N–H and O–H groups in total. The number of halogens is 2. The van der Waals surface area contributed by atoms with E-state index >= 15 is 0 Å². The van der Waals surface area contributed by atoms with Crippen molar-refractivity contribution in [2.24, 2.45) is 0 Å². The first-order valence-corrected chi connectivity index (χ1v) is 11.0. The van der Waals surface area contributed by atoms with E-state index in [0.717, 1.165) is 0 Å². The Hall–Kier alpha value is 0.180. The molecule has 0 amide bonds. The van der Waals surface area contributed by atoms with Crippen LogP contribution >= 0.6 is 24.8 Å². The third kappa shape index (κ3) is 4.72. The van der Waals surface area contributed by atoms with Crippen LogP contribution in [0.15, 0.2) is 46.7 Å². The van der Waals surface area contributed by atoms with Gasteiger partial charge in [0.1, 0.15) is 0 Å². The molecule has 5 heteroatoms. The molecule has 1 unspecified atom stereocenters. The number of hydrogen-bond donors (Lipinski definition) is 0. The molecular formula is C20H32Cl2NSiZr. The fourth-order valence-electron chi connectivity index (χ4n) is 3.62. The summed E-state index contributed by atoms with van der Waals surface area (Å²) < 4.78 is 2.61. The zero-order valence-corrected chi connectivity index (χ0v) is 22.3. The van der Waals surface area contributed by atoms with Crippen LogP contribution in [-0.2, 0) is 25.0 Å². The fourth-order valence-corrected chi connectivity index (χ4v) is 7.56. The molecular weight excluding hydrogens is 444 g/mol. The van der Waals surface area contributed by atoms with Crippen molar-refractivity contribution >= 4 is 39.5 Å². The summed E-state index contributed by atoms with van der Waals surface area (Å²) in [4.78, 5) is 0. The Bertz CT molecular complexity index is 691. The van der Waals surface area contributed by atoms with Crippen molar-refractivity contribution < 1.29 is 25.0 Å². The van der Waals surface area contributed by atoms with Gasteiger partial charge in [-0.3, -0.25) is 0 Å². The Morgan fingerprint density at radius 1 is 0.960 bits per heavy atom. The van der Waals surface area contributed by atoms with Gasteiger partial charge in [0.15, 0.2) is 0 Å². The second-order valence-electron chi connectivity index (χ2n) is 8.17. The quantitative estimate of drug-likeness (QED) is 0.555. The van der Waals surface area contributed by atoms with Gasteiger partial charge in [-0.1, -0.05) is 0 Å². The third-order valence-electron chi connectivity index (χ3n) is 5.53. The molecule has 2 rings (SSSR count). The van der Waals surface area contributed by atoms with Gasteiger partial charge in [-0.2, -0.15) is 0 Å². The van der Waals surface area contributed by atoms with E-state index in [1.165, 1.54) is 41.7 Å². The molecule has 1 aromatic rings. The van der Waals surface area contributed by atoms with Crippen LogP contribution in [0.3, 0.4) is 0 Å². The molecule has 0 radical (unpaired) electrons. The molecule has 1 nitrogen and oxygen atoms in total. The maximum Gasteiger partial charge on any atom is -0.147 e. The second kappa shape index (κ2) is 8.91. The van der Waals surface area contributed by atoms with Crippen molar-refractivity contribution in [3.05, 3.63) is 52.2 Å². The first kappa shape index (κ1) is 25.2. The number of nitrogens with zero attached hydrogens (tertiary/aromatic N) is 1. The third-order valence-corrected chi connectivity index (χ3v) is 10.5. The summed E-state index contributed by atoms with van der Waals surface area (Å²) in [6.45, 7) is 18.8. The smallest absolute Gasteiger partial charge is 0.147 e. The molecule has 0 saturated heterocycles. The minimum Gasteiger partial charge on any atom is -0.147 e. The summed E-state index contributed by atoms with van der Waals surface area (Å²) in [5.41, 5.74) is 7.85. The van der Waals surface area contributed by atoms with Crippen molar-refractivity contribution in [2.75, 3.05) is 0 Å². The minimum atomic E-state index is -0.463. The van der Waals surface area contributed by atoms with Gasteiger partial charge in [-0.05, 0) is 0 Å². The van der Waals surface area contributed by atoms with Gasteiger partial charge < -0.3 is 0 Å². The van der Waals surface area contributed by atoms with Crippen LogP contribution in [0.25, 0.3) is 0 Å². The van der Waals surface area contributed by atoms with Crippen molar-refractivity contribution in [3.63, 3.8) is 0 Å². The van der Waals surface area contributed by atoms with Gasteiger partial charge in [0.05, 0.1) is 0 Å². The van der Waals surface area contributed by atoms with Crippen molar-refractivity contribution in [1.82, 2.24) is 2.84 Å². The zero-order valence-electron chi connectivity index (χ0n) is 16.8. The molecule has 1 aromatic carbocycles. The summed E-state index contributed by atoms with van der Waals surface area (Å²) in [6.07, 6.45) is 0. The van der Waals surface area contributed by atoms with E-state index < -0.39 is 9.52 Å². The van der Waals surface area contributed by atoms with Crippen molar-refractivity contribution in [3.8, 4) is 0 Å². The average molecular weight is 477 g/mol. The monoisotopic (exact) mass is 474 g/mol. The standard InChI is InChI=1S/C20H30NSi.2ClH.Zr/c1-13-11-9-10-12-17(13)22-20(8)16(4)14(2)15(3)18(20)21-19(5,6)7;;;/h9-12H,22H2,1-8H3;2*1H;/q-1;;;+1. The van der Waals surface area contributed by atoms with Gasteiger partial charge in [0.2, 0.25) is 0 Å². The number of hydrogen-bond acceptors (Lipinski definition) is 1. The minimum absolute atomic E-state index is 0. The first-order valence-electron chi connectivity index (χ1n) is 8.46. The molecule has 1 atom stereocenters. The van der Waals surface area contributed by atoms with E-state index in [2.05, 4.69) is 82.5 Å². The molecule has 1 aliphatic rings. The van der Waals surface area contributed by atoms with Gasteiger partial charge in [-0.25, -0.2) is 0 Å². The summed E-state index contributed by atoms with van der Waals surface area (Å²) >= 11 is 1.49. The van der Waals surface area contributed by atoms with E-state index in [9.17, 15) is 0 Å². The predicted molar refractivity (Wildman–Crippen MR) is 115 cm³/mol. The SMILES string of the molecule is CC1=C(C)C(C)([SiH2]c2ccccc2C)C([N]([Zr])C(C)(C)C)=C1C.Cl.Cl. The molecule has 25 heavy (non-hydrogen) atoms. The van der Waals surface area contributed by atoms with Gasteiger partial charge in [0.25, 0.3) is 0 Å². The maximum atomic E-state index is 2.61. The Morgan fingerprint density at radius 3 is 1.96 bits per heavy atom. The molecule has 0 fully saturated rings. The molecule has 139 valence electrons. The fraction of sp³-hybridized carbons (Fsp3) is 0.500. The van der Waals surface area contributed by atoms with Crippen molar-refractivity contribution in [2.45, 2.75) is 66.0 Å². The first-order chi connectivity index (χ1) is 10.5. The molecule has 0 spiro atoms. The van der Waals surface area contributed by atoms with Gasteiger partial charge >= 0.3 is 161 Å². The van der Waals surface area contributed by atoms with Crippen LogP contribution in [0.4, 0.5) is 0 Å². The van der Waals surface area contributed by atoms with Crippen molar-refractivity contribution in [1.29, 1.82) is 0 Å². The van der Waals surface area contributed by atoms with E-state index in [1.807, 2.05) is 0 Å². The Balaban J connectivity index is 0.00000288. The summed E-state index contributed by atoms with van der Waals surface area (Å²) in [6, 6.07) is 8.98. The second-order valence-corrected chi connectivity index (χ2v) is 11.8. The topological polar surface area (TPSA) is 3.24 Å². The van der Waals surface area contributed by atoms with E-state index in [-0.39, 0.29) is 35.4 Å². The summed E-state index contributed by atoms with van der Waals surface area (Å²) in [5, 5.41) is 1.84. The van der Waals surface area contributed by atoms with E-state index in [1.54, 1.807) is 16.5 Å². The number of aryl methyl sites for hydroxylation is 1. The number of allylic oxidation sites excluding steroid dienone is 3. The molecule has 0 aliphatic heterocycles. The molecule has 0 aromatic heterocycles. The normalized spacial score (nSPS) is 20.8. The molecule has 1 aliphatic carbocycles. The van der Waals surface area contributed by atoms with E-state index in [0.29, 0.717) is 0 Å². The van der Waals surface area contributed by atoms with Crippen LogP contribution in [0.2, 0.25) is 5.04 Å². The Kier molecular flexibility index (Phi) is 8.98. The Morgan fingerprint density at radius 2 is 1.48 bits per heavy atom. The number of benzene rings is 1. The van der Waals surface area contributed by atoms with Gasteiger partial charge in [0, 0.05) is 0 Å². The maximum absolute atomic E-state index is 2.61. The molecule has 0 heterocycles. The van der Waals surface area contributed by atoms with Crippen LogP contribution in [-0.4, -0.2) is 17.9 Å². The van der Waals surface area contributed by atoms with Crippen LogP contribution in [0, 0.1) is 6.92 Å². The predicted octanol–water partition coefficient (Wildman–Crippen LogP) is 5.00. The summed E-state index contributed by atoms with van der Waals surface area (Å²) in [7, 11) is -0.463. The van der Waals surface area contributed by atoms with Gasteiger partial charge in [-0.15, -0.1) is 24.8 Å². The molecule has 0 bridgehead atoms. The zero-order chi connectivity index (χ0) is 17.6. The largest absolute Gasteiger partial charge is 0.147 e. The molecule has 0 saturated carbocycles. The Labute approximate surface area is 184 Å².